The molecular weight excluding hydrogens is 290 g/mol. The molecule has 0 fully saturated rings. The molecule has 0 saturated heterocycles. The van der Waals surface area contributed by atoms with Crippen molar-refractivity contribution in [1.29, 1.82) is 0 Å². The van der Waals surface area contributed by atoms with Crippen LogP contribution in [0.25, 0.3) is 11.1 Å². The van der Waals surface area contributed by atoms with Crippen molar-refractivity contribution in [1.82, 2.24) is 0 Å². The summed E-state index contributed by atoms with van der Waals surface area (Å²) in [6, 6.07) is 11.6. The Balaban J connectivity index is 2.05. The first-order valence-corrected chi connectivity index (χ1v) is 7.45. The van der Waals surface area contributed by atoms with Crippen molar-refractivity contribution in [2.24, 2.45) is 4.99 Å². The second-order valence-corrected chi connectivity index (χ2v) is 5.54. The molecule has 1 unspecified atom stereocenters. The van der Waals surface area contributed by atoms with Crippen molar-refractivity contribution in [3.8, 4) is 11.1 Å². The van der Waals surface area contributed by atoms with E-state index in [0.717, 1.165) is 27.9 Å². The zero-order valence-corrected chi connectivity index (χ0v) is 12.7. The van der Waals surface area contributed by atoms with Gasteiger partial charge in [-0.15, -0.1) is 0 Å². The normalized spacial score (nSPS) is 15.2. The summed E-state index contributed by atoms with van der Waals surface area (Å²) < 4.78 is 10.4. The Morgan fingerprint density at radius 2 is 1.96 bits per heavy atom. The summed E-state index contributed by atoms with van der Waals surface area (Å²) in [5.74, 6) is -0.137. The van der Waals surface area contributed by atoms with Crippen LogP contribution < -0.4 is 5.23 Å². The van der Waals surface area contributed by atoms with Crippen LogP contribution in [0.5, 0.6) is 0 Å². The fourth-order valence-electron chi connectivity index (χ4n) is 3.07. The number of hydrogen-bond acceptors (Lipinski definition) is 5. The Kier molecular flexibility index (Phi) is 4.41. The fourth-order valence-corrected chi connectivity index (χ4v) is 3.07. The first-order chi connectivity index (χ1) is 11.1. The number of fused-ring (bicyclic) bond motifs is 3. The number of rotatable bonds is 5. The third-order valence-corrected chi connectivity index (χ3v) is 3.97. The summed E-state index contributed by atoms with van der Waals surface area (Å²) in [5.41, 5.74) is 5.64. The topological polar surface area (TPSA) is 81.9 Å². The molecule has 0 aliphatic heterocycles. The summed E-state index contributed by atoms with van der Waals surface area (Å²) in [5, 5.41) is 22.3. The fraction of sp³-hybridized carbons (Fsp3) is 0.188. The van der Waals surface area contributed by atoms with E-state index < -0.39 is 7.05 Å². The Labute approximate surface area is 135 Å². The second-order valence-electron chi connectivity index (χ2n) is 5.54. The molecule has 1 atom stereocenters. The molecule has 7 heteroatoms. The van der Waals surface area contributed by atoms with Gasteiger partial charge in [0.2, 0.25) is 0 Å². The van der Waals surface area contributed by atoms with Crippen LogP contribution in [0.4, 0.5) is 11.4 Å². The summed E-state index contributed by atoms with van der Waals surface area (Å²) in [6.07, 6.45) is 1.21. The molecule has 1 aliphatic carbocycles. The van der Waals surface area contributed by atoms with Crippen LogP contribution in [-0.4, -0.2) is 37.1 Å². The van der Waals surface area contributed by atoms with Crippen LogP contribution in [0.3, 0.4) is 0 Å². The molecule has 0 saturated carbocycles. The number of benzene rings is 2. The van der Waals surface area contributed by atoms with Crippen molar-refractivity contribution >= 4 is 31.7 Å². The van der Waals surface area contributed by atoms with E-state index in [2.05, 4.69) is 10.2 Å². The van der Waals surface area contributed by atoms with E-state index >= 15 is 0 Å². The van der Waals surface area contributed by atoms with Crippen LogP contribution in [-0.2, 0) is 4.70 Å². The molecular formula is C16H16B2N2O3. The molecule has 2 aromatic rings. The Morgan fingerprint density at radius 3 is 2.61 bits per heavy atom. The maximum atomic E-state index is 10.4. The van der Waals surface area contributed by atoms with Crippen molar-refractivity contribution in [3.05, 3.63) is 47.5 Å². The molecule has 0 spiro atoms. The maximum absolute atomic E-state index is 10.4. The second kappa shape index (κ2) is 6.48. The van der Waals surface area contributed by atoms with E-state index in [1.54, 1.807) is 6.82 Å². The quantitative estimate of drug-likeness (QED) is 0.583. The minimum absolute atomic E-state index is 0.0149. The van der Waals surface area contributed by atoms with Crippen LogP contribution in [0.2, 0.25) is 6.82 Å². The van der Waals surface area contributed by atoms with Crippen molar-refractivity contribution in [2.45, 2.75) is 12.7 Å². The molecule has 3 N–H and O–H groups in total. The van der Waals surface area contributed by atoms with E-state index in [9.17, 15) is 14.8 Å². The van der Waals surface area contributed by atoms with Crippen LogP contribution >= 0.6 is 0 Å². The molecule has 0 radical (unpaired) electrons. The third kappa shape index (κ3) is 2.98. The predicted octanol–water partition coefficient (Wildman–Crippen LogP) is 2.02. The molecule has 2 aromatic carbocycles. The number of aliphatic hydroxyl groups is 1. The van der Waals surface area contributed by atoms with Gasteiger partial charge in [0.05, 0.1) is 0 Å². The number of aliphatic imine (C=N–C) groups is 1. The predicted molar refractivity (Wildman–Crippen MR) is 92.9 cm³/mol. The van der Waals surface area contributed by atoms with E-state index in [0.29, 0.717) is 12.8 Å². The van der Waals surface area contributed by atoms with Gasteiger partial charge in [-0.1, -0.05) is 0 Å². The van der Waals surface area contributed by atoms with E-state index in [4.69, 9.17) is 0 Å². The zero-order chi connectivity index (χ0) is 16.4. The number of hydrogen-bond donors (Lipinski definition) is 3. The van der Waals surface area contributed by atoms with Gasteiger partial charge in [-0.2, -0.15) is 0 Å². The van der Waals surface area contributed by atoms with Gasteiger partial charge in [0.1, 0.15) is 0 Å². The number of anilines is 1. The molecule has 5 nitrogen and oxygen atoms in total. The van der Waals surface area contributed by atoms with Gasteiger partial charge in [0, 0.05) is 0 Å². The Morgan fingerprint density at radius 1 is 1.26 bits per heavy atom. The summed E-state index contributed by atoms with van der Waals surface area (Å²) >= 11 is 0. The van der Waals surface area contributed by atoms with Gasteiger partial charge in [0.25, 0.3) is 0 Å². The number of nitrogens with zero attached hydrogens (tertiary/aromatic N) is 1. The standard InChI is InChI=1S/C16H16B2N2O3/c1-18(23)20-11-3-5-13-12-4-2-10(19-9-17-22)6-14(12)16(8-21)15(13)7-11/h2-7,9,16,20-21,23H,8H2,1H3/b19-9-. The molecule has 0 amide bonds. The summed E-state index contributed by atoms with van der Waals surface area (Å²) in [7, 11) is -0.00634. The molecule has 23 heavy (non-hydrogen) atoms. The van der Waals surface area contributed by atoms with Gasteiger partial charge < -0.3 is 0 Å². The molecule has 3 rings (SSSR count). The average Bonchev–Trinajstić information content (AvgIpc) is 2.84. The van der Waals surface area contributed by atoms with Gasteiger partial charge in [-0.25, -0.2) is 0 Å². The monoisotopic (exact) mass is 306 g/mol. The van der Waals surface area contributed by atoms with Gasteiger partial charge in [0.15, 0.2) is 0 Å². The molecule has 1 aliphatic rings. The van der Waals surface area contributed by atoms with Gasteiger partial charge in [-0.05, 0) is 0 Å². The number of nitrogens with one attached hydrogen (secondary N) is 1. The van der Waals surface area contributed by atoms with E-state index in [1.165, 1.54) is 6.11 Å². The summed E-state index contributed by atoms with van der Waals surface area (Å²) in [4.78, 5) is 4.07. The van der Waals surface area contributed by atoms with Crippen molar-refractivity contribution in [2.75, 3.05) is 11.8 Å². The molecule has 0 aromatic heterocycles. The van der Waals surface area contributed by atoms with Gasteiger partial charge >= 0.3 is 135 Å². The minimum atomic E-state index is -0.645. The van der Waals surface area contributed by atoms with Crippen molar-refractivity contribution in [3.63, 3.8) is 0 Å². The molecule has 114 valence electrons. The van der Waals surface area contributed by atoms with E-state index in [-0.39, 0.29) is 12.5 Å². The zero-order valence-electron chi connectivity index (χ0n) is 12.7. The van der Waals surface area contributed by atoms with Gasteiger partial charge in [-0.3, -0.25) is 0 Å². The summed E-state index contributed by atoms with van der Waals surface area (Å²) in [6.45, 7) is 1.64. The van der Waals surface area contributed by atoms with Crippen LogP contribution in [0.1, 0.15) is 17.0 Å². The van der Waals surface area contributed by atoms with Crippen LogP contribution in [0.15, 0.2) is 41.4 Å². The van der Waals surface area contributed by atoms with Crippen LogP contribution in [0, 0.1) is 0 Å². The Bertz CT molecular complexity index is 778. The Hall–Kier alpha value is -2.24. The molecule has 0 heterocycles. The van der Waals surface area contributed by atoms with E-state index in [1.807, 2.05) is 36.4 Å². The first-order valence-electron chi connectivity index (χ1n) is 7.45. The average molecular weight is 306 g/mol. The first kappa shape index (κ1) is 15.6. The molecule has 0 bridgehead atoms. The number of aliphatic hydroxyl groups excluding tert-OH is 1. The van der Waals surface area contributed by atoms with Crippen molar-refractivity contribution < 1.29 is 14.8 Å². The third-order valence-electron chi connectivity index (χ3n) is 3.97. The SMILES string of the molecule is CB(O)Nc1ccc2c(c1)C(CO)c1cc(/N=C\B=O)ccc1-2.